The second-order valence-corrected chi connectivity index (χ2v) is 6.35. The van der Waals surface area contributed by atoms with E-state index in [1.54, 1.807) is 12.5 Å². The molecule has 1 aromatic carbocycles. The first-order valence-electron chi connectivity index (χ1n) is 8.28. The van der Waals surface area contributed by atoms with Gasteiger partial charge in [0.05, 0.1) is 12.7 Å². The highest BCUT2D eigenvalue weighted by molar-refractivity contribution is 5.68. The number of nitrogens with one attached hydrogen (secondary N) is 1. The molecule has 0 spiro atoms. The van der Waals surface area contributed by atoms with Gasteiger partial charge in [-0.2, -0.15) is 0 Å². The van der Waals surface area contributed by atoms with Crippen molar-refractivity contribution < 1.29 is 0 Å². The summed E-state index contributed by atoms with van der Waals surface area (Å²) in [5.41, 5.74) is 3.14. The van der Waals surface area contributed by atoms with Crippen LogP contribution in [-0.2, 0) is 13.0 Å². The Morgan fingerprint density at radius 1 is 1.13 bits per heavy atom. The van der Waals surface area contributed by atoms with Gasteiger partial charge in [-0.1, -0.05) is 30.3 Å². The van der Waals surface area contributed by atoms with Gasteiger partial charge in [0.25, 0.3) is 0 Å². The Hall–Kier alpha value is -2.27. The average Bonchev–Trinajstić information content (AvgIpc) is 3.00. The normalized spacial score (nSPS) is 16.9. The molecule has 0 atom stereocenters. The number of hydrogen-bond donors (Lipinski definition) is 1. The maximum Gasteiger partial charge on any atom is 0.180 e. The number of benzene rings is 1. The summed E-state index contributed by atoms with van der Waals surface area (Å²) in [6.07, 6.45) is 7.05. The van der Waals surface area contributed by atoms with Gasteiger partial charge >= 0.3 is 0 Å². The van der Waals surface area contributed by atoms with Crippen molar-refractivity contribution in [1.29, 1.82) is 0 Å². The standard InChI is InChI=1S/C18H21N5/c1-2-4-14(5-3-1)10-15-6-8-23(9-7-15)12-17-21-16-11-19-13-20-18(16)22-17/h1-5,11,13,15H,6-10,12H2,(H,19,20,21,22). The fourth-order valence-electron chi connectivity index (χ4n) is 3.39. The molecule has 0 saturated carbocycles. The van der Waals surface area contributed by atoms with Gasteiger partial charge < -0.3 is 4.98 Å². The van der Waals surface area contributed by atoms with Crippen LogP contribution in [0, 0.1) is 5.92 Å². The summed E-state index contributed by atoms with van der Waals surface area (Å²) in [5, 5.41) is 0. The van der Waals surface area contributed by atoms with Crippen molar-refractivity contribution in [3.8, 4) is 0 Å². The van der Waals surface area contributed by atoms with Crippen molar-refractivity contribution in [1.82, 2.24) is 24.8 Å². The second-order valence-electron chi connectivity index (χ2n) is 6.35. The largest absolute Gasteiger partial charge is 0.338 e. The minimum Gasteiger partial charge on any atom is -0.338 e. The summed E-state index contributed by atoms with van der Waals surface area (Å²) in [5.74, 6) is 1.79. The van der Waals surface area contributed by atoms with Crippen LogP contribution in [0.4, 0.5) is 0 Å². The topological polar surface area (TPSA) is 57.7 Å². The molecule has 5 heteroatoms. The maximum absolute atomic E-state index is 4.55. The summed E-state index contributed by atoms with van der Waals surface area (Å²) in [6, 6.07) is 10.8. The lowest BCUT2D eigenvalue weighted by molar-refractivity contribution is 0.174. The van der Waals surface area contributed by atoms with Crippen LogP contribution in [-0.4, -0.2) is 37.9 Å². The highest BCUT2D eigenvalue weighted by atomic mass is 15.2. The number of imidazole rings is 1. The molecule has 1 saturated heterocycles. The first-order valence-corrected chi connectivity index (χ1v) is 8.28. The zero-order valence-electron chi connectivity index (χ0n) is 13.2. The molecular formula is C18H21N5. The SMILES string of the molecule is c1ccc(CC2CCN(Cc3nc4ncncc4[nH]3)CC2)cc1. The third-order valence-electron chi connectivity index (χ3n) is 4.66. The molecule has 1 aliphatic heterocycles. The molecule has 118 valence electrons. The van der Waals surface area contributed by atoms with Gasteiger partial charge in [-0.25, -0.2) is 15.0 Å². The molecule has 0 aliphatic carbocycles. The third-order valence-corrected chi connectivity index (χ3v) is 4.66. The molecule has 1 N–H and O–H groups in total. The summed E-state index contributed by atoms with van der Waals surface area (Å²) in [6.45, 7) is 3.15. The second kappa shape index (κ2) is 6.46. The number of aromatic nitrogens is 4. The molecule has 0 bridgehead atoms. The average molecular weight is 307 g/mol. The lowest BCUT2D eigenvalue weighted by Gasteiger charge is -2.31. The van der Waals surface area contributed by atoms with E-state index >= 15 is 0 Å². The quantitative estimate of drug-likeness (QED) is 0.805. The van der Waals surface area contributed by atoms with Crippen LogP contribution in [0.5, 0.6) is 0 Å². The monoisotopic (exact) mass is 307 g/mol. The third kappa shape index (κ3) is 3.40. The van der Waals surface area contributed by atoms with Gasteiger partial charge in [0, 0.05) is 0 Å². The molecule has 23 heavy (non-hydrogen) atoms. The van der Waals surface area contributed by atoms with Crippen molar-refractivity contribution in [2.45, 2.75) is 25.8 Å². The van der Waals surface area contributed by atoms with E-state index in [1.807, 2.05) is 0 Å². The molecule has 2 aromatic heterocycles. The highest BCUT2D eigenvalue weighted by Gasteiger charge is 2.20. The molecule has 3 heterocycles. The van der Waals surface area contributed by atoms with Crippen LogP contribution < -0.4 is 0 Å². The predicted octanol–water partition coefficient (Wildman–Crippen LogP) is 2.81. The predicted molar refractivity (Wildman–Crippen MR) is 89.8 cm³/mol. The summed E-state index contributed by atoms with van der Waals surface area (Å²) >= 11 is 0. The lowest BCUT2D eigenvalue weighted by atomic mass is 9.90. The molecule has 3 aromatic rings. The first kappa shape index (κ1) is 14.3. The fourth-order valence-corrected chi connectivity index (χ4v) is 3.39. The number of piperidine rings is 1. The van der Waals surface area contributed by atoms with Gasteiger partial charge in [-0.05, 0) is 43.8 Å². The molecule has 5 nitrogen and oxygen atoms in total. The van der Waals surface area contributed by atoms with Gasteiger partial charge in [0.1, 0.15) is 17.7 Å². The lowest BCUT2D eigenvalue weighted by Crippen LogP contribution is -2.34. The van der Waals surface area contributed by atoms with E-state index in [0.29, 0.717) is 0 Å². The number of rotatable bonds is 4. The molecule has 0 radical (unpaired) electrons. The van der Waals surface area contributed by atoms with Crippen LogP contribution in [0.1, 0.15) is 24.2 Å². The Morgan fingerprint density at radius 3 is 2.74 bits per heavy atom. The minimum atomic E-state index is 0.758. The molecule has 0 unspecified atom stereocenters. The van der Waals surface area contributed by atoms with Crippen molar-refractivity contribution in [3.63, 3.8) is 0 Å². The molecule has 1 aliphatic rings. The number of likely N-dealkylation sites (tertiary alicyclic amines) is 1. The smallest absolute Gasteiger partial charge is 0.180 e. The van der Waals surface area contributed by atoms with E-state index in [-0.39, 0.29) is 0 Å². The van der Waals surface area contributed by atoms with Crippen LogP contribution in [0.2, 0.25) is 0 Å². The van der Waals surface area contributed by atoms with Gasteiger partial charge in [0.2, 0.25) is 0 Å². The van der Waals surface area contributed by atoms with Crippen molar-refractivity contribution in [2.75, 3.05) is 13.1 Å². The molecule has 0 amide bonds. The van der Waals surface area contributed by atoms with Crippen molar-refractivity contribution in [2.24, 2.45) is 5.92 Å². The van der Waals surface area contributed by atoms with Crippen LogP contribution in [0.3, 0.4) is 0 Å². The molecule has 1 fully saturated rings. The first-order chi connectivity index (χ1) is 11.4. The van der Waals surface area contributed by atoms with Crippen molar-refractivity contribution in [3.05, 3.63) is 54.2 Å². The zero-order valence-corrected chi connectivity index (χ0v) is 13.2. The summed E-state index contributed by atoms with van der Waals surface area (Å²) in [7, 11) is 0. The number of hydrogen-bond acceptors (Lipinski definition) is 4. The van der Waals surface area contributed by atoms with E-state index in [2.05, 4.69) is 55.2 Å². The summed E-state index contributed by atoms with van der Waals surface area (Å²) in [4.78, 5) is 18.5. The van der Waals surface area contributed by atoms with E-state index < -0.39 is 0 Å². The Kier molecular flexibility index (Phi) is 4.03. The fraction of sp³-hybridized carbons (Fsp3) is 0.389. The van der Waals surface area contributed by atoms with E-state index in [0.717, 1.165) is 42.5 Å². The molecular weight excluding hydrogens is 286 g/mol. The van der Waals surface area contributed by atoms with Gasteiger partial charge in [-0.3, -0.25) is 4.90 Å². The number of fused-ring (bicyclic) bond motifs is 1. The van der Waals surface area contributed by atoms with Crippen molar-refractivity contribution >= 4 is 11.2 Å². The van der Waals surface area contributed by atoms with E-state index in [4.69, 9.17) is 0 Å². The Bertz CT molecular complexity index is 726. The van der Waals surface area contributed by atoms with Crippen LogP contribution in [0.15, 0.2) is 42.9 Å². The Labute approximate surface area is 135 Å². The summed E-state index contributed by atoms with van der Waals surface area (Å²) < 4.78 is 0. The Morgan fingerprint density at radius 2 is 1.96 bits per heavy atom. The highest BCUT2D eigenvalue weighted by Crippen LogP contribution is 2.22. The van der Waals surface area contributed by atoms with Gasteiger partial charge in [-0.15, -0.1) is 0 Å². The molecule has 4 rings (SSSR count). The minimum absolute atomic E-state index is 0.758. The van der Waals surface area contributed by atoms with E-state index in [9.17, 15) is 0 Å². The number of aromatic amines is 1. The van der Waals surface area contributed by atoms with E-state index in [1.165, 1.54) is 24.8 Å². The number of H-pyrrole nitrogens is 1. The van der Waals surface area contributed by atoms with Crippen LogP contribution in [0.25, 0.3) is 11.2 Å². The number of nitrogens with zero attached hydrogens (tertiary/aromatic N) is 4. The Balaban J connectivity index is 1.32. The van der Waals surface area contributed by atoms with Crippen LogP contribution >= 0.6 is 0 Å². The zero-order chi connectivity index (χ0) is 15.5. The van der Waals surface area contributed by atoms with Gasteiger partial charge in [0.15, 0.2) is 5.65 Å². The maximum atomic E-state index is 4.55.